The van der Waals surface area contributed by atoms with Crippen molar-refractivity contribution in [1.82, 2.24) is 84.3 Å². The fourth-order valence-electron chi connectivity index (χ4n) is 15.1. The molecule has 0 aliphatic carbocycles. The van der Waals surface area contributed by atoms with Crippen LogP contribution in [0.1, 0.15) is 212 Å². The Kier molecular flexibility index (Phi) is 49.0. The molecule has 1 aromatic heterocycles. The zero-order valence-corrected chi connectivity index (χ0v) is 71.2. The fourth-order valence-corrected chi connectivity index (χ4v) is 15.1. The number of fused-ring (bicyclic) bond motifs is 2. The van der Waals surface area contributed by atoms with Gasteiger partial charge in [-0.25, -0.2) is 0 Å². The van der Waals surface area contributed by atoms with Crippen LogP contribution >= 0.6 is 0 Å². The molecule has 18 atom stereocenters. The first-order valence-corrected chi connectivity index (χ1v) is 43.6. The first kappa shape index (κ1) is 104. The molecule has 39 nitrogen and oxygen atoms in total. The number of unbranched alkanes of at least 4 members (excludes halogenated alkanes) is 14. The number of aliphatic hydroxyl groups is 9. The molecule has 0 saturated carbocycles. The van der Waals surface area contributed by atoms with Crippen LogP contribution in [0.25, 0.3) is 10.9 Å². The first-order chi connectivity index (χ1) is 58.5. The maximum absolute atomic E-state index is 15.1. The number of nitrogens with two attached hydrogens (primary N) is 3. The summed E-state index contributed by atoms with van der Waals surface area (Å²) in [4.78, 5) is 131. The minimum absolute atomic E-state index is 0.00223. The molecule has 2 fully saturated rings. The molecule has 32 N–H and O–H groups in total. The van der Waals surface area contributed by atoms with Gasteiger partial charge < -0.3 is 121 Å². The van der Waals surface area contributed by atoms with E-state index in [1.165, 1.54) is 63.2 Å². The predicted octanol–water partition coefficient (Wildman–Crippen LogP) is -2.64. The smallest absolute Gasteiger partial charge is 0.243 e. The Bertz CT molecular complexity index is 3630. The van der Waals surface area contributed by atoms with Crippen LogP contribution in [0.15, 0.2) is 60.8 Å². The number of carbonyl (C=O) groups excluding carboxylic acids is 9. The van der Waals surface area contributed by atoms with Gasteiger partial charge in [0, 0.05) is 81.0 Å². The van der Waals surface area contributed by atoms with Crippen molar-refractivity contribution in [1.29, 1.82) is 10.8 Å². The molecule has 122 heavy (non-hydrogen) atoms. The summed E-state index contributed by atoms with van der Waals surface area (Å²) < 4.78 is 0. The molecule has 0 bridgehead atoms. The molecule has 2 aliphatic heterocycles. The number of carbonyl (C=O) groups is 9. The van der Waals surface area contributed by atoms with Crippen molar-refractivity contribution in [3.05, 3.63) is 71.9 Å². The highest BCUT2D eigenvalue weighted by Crippen LogP contribution is 2.26. The predicted molar refractivity (Wildman–Crippen MR) is 459 cm³/mol. The summed E-state index contributed by atoms with van der Waals surface area (Å²) in [6, 6.07) is 0.311. The van der Waals surface area contributed by atoms with Crippen molar-refractivity contribution in [3.8, 4) is 0 Å². The van der Waals surface area contributed by atoms with Crippen molar-refractivity contribution in [2.24, 2.45) is 17.2 Å². The lowest BCUT2D eigenvalue weighted by molar-refractivity contribution is -0.137. The Balaban J connectivity index is 1.36. The summed E-state index contributed by atoms with van der Waals surface area (Å²) in [7, 11) is 0. The summed E-state index contributed by atoms with van der Waals surface area (Å²) >= 11 is 0. The third-order valence-corrected chi connectivity index (χ3v) is 22.1. The van der Waals surface area contributed by atoms with E-state index < -0.39 is 177 Å². The van der Waals surface area contributed by atoms with Gasteiger partial charge in [-0.2, -0.15) is 0 Å². The topological polar surface area (TPSA) is 649 Å². The van der Waals surface area contributed by atoms with E-state index >= 15 is 9.59 Å². The monoisotopic (exact) mass is 1720 g/mol. The van der Waals surface area contributed by atoms with E-state index in [0.717, 1.165) is 36.6 Å². The number of hydrogen-bond donors (Lipinski definition) is 29. The summed E-state index contributed by atoms with van der Waals surface area (Å²) in [5.41, 5.74) is 18.9. The number of nitrogens with one attached hydrogen (secondary N) is 17. The van der Waals surface area contributed by atoms with Crippen LogP contribution in [-0.2, 0) is 56.0 Å². The standard InChI is InChI=1S/C83H143N21O18/c1-4-6-8-9-10-11-12-13-14-15-16-17-21-37-67(109)93-47-69(111)94-64(49-105)77(118)102-65(50-106)78(119)97-59(35-25-27-41-90-82(85)86)74(115)103-70(51(3)107)80(121)98-58(32-7-5-2)72(113)99-61-38-39-68(110)89-40-26-24-34-57(71(84)112)95-76(117)63(44-53-46-92-56-33-23-22-31-55(53)56)100-73(114)60(36-28-42-91-83(87)88)96-75(116)62(43-52-29-19-18-20-30-52)101-79(120)66-45-54(108)48-104(66)81(61)122/h18-20,22-23,29-31,33,46,51,54,57-66,70,72,74,77,80-81,92,98-99,102-103,105-108,113,115,118,121-122H,4-17,21,24-28,32,34-45,47-50H2,1-3H3,(H2,84,112)(H,89,110)(H,93,109)(H,94,111)(H,95,117)(H,96,116)(H,97,119)(H,100,114)(H,101,120)(H4,85,86,90)(H4,87,88,91)/t51?,54-,57+,58+,59+,60+,61+,62-,63+,64+,65+,66+,70+,72+,74+,77+,80+,81+/m1/s1. The second kappa shape index (κ2) is 57.6. The lowest BCUT2D eigenvalue weighted by Crippen LogP contribution is -2.65. The maximum Gasteiger partial charge on any atom is 0.243 e. The Labute approximate surface area is 715 Å². The van der Waals surface area contributed by atoms with E-state index in [4.69, 9.17) is 28.0 Å². The molecule has 0 radical (unpaired) electrons. The molecule has 2 aromatic carbocycles. The molecular formula is C83H143N21O18. The zero-order valence-electron chi connectivity index (χ0n) is 71.2. The van der Waals surface area contributed by atoms with Crippen LogP contribution < -0.4 is 91.6 Å². The summed E-state index contributed by atoms with van der Waals surface area (Å²) in [5, 5.41) is 158. The van der Waals surface area contributed by atoms with Gasteiger partial charge in [0.15, 0.2) is 11.9 Å². The first-order valence-electron chi connectivity index (χ1n) is 43.6. The number of hydrogen-bond acceptors (Lipinski definition) is 25. The number of guanidine groups is 2. The number of primary amides is 1. The summed E-state index contributed by atoms with van der Waals surface area (Å²) in [6.07, 6.45) is 5.51. The summed E-state index contributed by atoms with van der Waals surface area (Å²) in [5.74, 6) is -7.60. The van der Waals surface area contributed by atoms with Crippen LogP contribution in [-0.4, -0.2) is 277 Å². The van der Waals surface area contributed by atoms with E-state index in [1.807, 2.05) is 25.1 Å². The van der Waals surface area contributed by atoms with Crippen LogP contribution in [0.5, 0.6) is 0 Å². The van der Waals surface area contributed by atoms with Gasteiger partial charge in [-0.1, -0.05) is 152 Å². The zero-order chi connectivity index (χ0) is 89.5. The van der Waals surface area contributed by atoms with Crippen molar-refractivity contribution in [3.63, 3.8) is 0 Å². The number of rotatable bonds is 51. The minimum Gasteiger partial charge on any atom is -0.394 e. The number of nitrogens with zero attached hydrogens (tertiary/aromatic N) is 1. The van der Waals surface area contributed by atoms with Crippen LogP contribution in [0.3, 0.4) is 0 Å². The second-order valence-corrected chi connectivity index (χ2v) is 32.2. The molecule has 39 heteroatoms. The highest BCUT2D eigenvalue weighted by molar-refractivity contribution is 5.97. The third-order valence-electron chi connectivity index (χ3n) is 22.1. The molecule has 3 aromatic rings. The average Bonchev–Trinajstić information content (AvgIpc) is 1.66. The van der Waals surface area contributed by atoms with E-state index in [-0.39, 0.29) is 134 Å². The van der Waals surface area contributed by atoms with E-state index in [0.29, 0.717) is 36.8 Å². The highest BCUT2D eigenvalue weighted by atomic mass is 16.3. The van der Waals surface area contributed by atoms with Gasteiger partial charge in [0.1, 0.15) is 61.3 Å². The van der Waals surface area contributed by atoms with Crippen LogP contribution in [0.2, 0.25) is 0 Å². The molecule has 1 unspecified atom stereocenters. The van der Waals surface area contributed by atoms with Gasteiger partial charge in [0.2, 0.25) is 53.2 Å². The molecule has 3 heterocycles. The molecule has 9 amide bonds. The molecular weight excluding hydrogens is 1580 g/mol. The molecule has 2 saturated heterocycles. The van der Waals surface area contributed by atoms with Gasteiger partial charge in [-0.3, -0.25) is 80.1 Å². The molecule has 5 rings (SSSR count). The Morgan fingerprint density at radius 1 is 0.582 bits per heavy atom. The van der Waals surface area contributed by atoms with Crippen molar-refractivity contribution in [2.75, 3.05) is 45.9 Å². The molecule has 688 valence electrons. The van der Waals surface area contributed by atoms with Gasteiger partial charge >= 0.3 is 0 Å². The summed E-state index contributed by atoms with van der Waals surface area (Å²) in [6.45, 7) is 3.00. The van der Waals surface area contributed by atoms with Gasteiger partial charge in [-0.05, 0) is 101 Å². The Morgan fingerprint density at radius 2 is 1.17 bits per heavy atom. The number of aromatic nitrogens is 1. The third kappa shape index (κ3) is 38.5. The number of benzene rings is 2. The fraction of sp³-hybridized carbons (Fsp3) is 0.699. The maximum atomic E-state index is 15.1. The lowest BCUT2D eigenvalue weighted by atomic mass is 10.0. The van der Waals surface area contributed by atoms with Crippen molar-refractivity contribution < 1.29 is 89.1 Å². The largest absolute Gasteiger partial charge is 0.394 e. The number of aromatic amines is 1. The number of para-hydroxylation sites is 1. The normalized spacial score (nSPS) is 22.0. The molecule has 0 spiro atoms. The number of amides is 9. The Hall–Kier alpha value is -8.81. The molecule has 2 aliphatic rings. The number of aliphatic hydroxyl groups excluding tert-OH is 9. The lowest BCUT2D eigenvalue weighted by Gasteiger charge is -2.39. The van der Waals surface area contributed by atoms with Gasteiger partial charge in [0.05, 0.1) is 56.1 Å². The number of H-pyrrole nitrogens is 1. The van der Waals surface area contributed by atoms with Crippen LogP contribution in [0, 0.1) is 10.8 Å². The van der Waals surface area contributed by atoms with Gasteiger partial charge in [0.25, 0.3) is 0 Å². The Morgan fingerprint density at radius 3 is 1.81 bits per heavy atom. The van der Waals surface area contributed by atoms with Crippen molar-refractivity contribution >= 4 is 76.0 Å². The average molecular weight is 1720 g/mol. The highest BCUT2D eigenvalue weighted by Gasteiger charge is 2.45. The van der Waals surface area contributed by atoms with E-state index in [1.54, 1.807) is 42.6 Å². The van der Waals surface area contributed by atoms with E-state index in [2.05, 4.69) is 86.3 Å². The SMILES string of the molecule is CCCCCCCCCCCCCCCC(=O)NCC(=O)N[C@@H](CO)[C@H](O)N[C@@H](CO)C(=O)N[C@@H](CCCCNC(=N)N)[C@H](O)N[C@@H](C(C)O)[C@H](O)N[C@@H](CCCC)[C@H](O)N[C@H]1CCC(=O)NCCCC[C@@H](C(N)=O)NC(=O)[C@H](Cc2c[nH]c3ccccc23)NC(=O)[C@H](CCCNC(=N)N)NC(=O)[C@@H](Cc2ccccc2)NC(=O)[C@@H]2C[C@@H](O)CN2[C@H]1O. The van der Waals surface area contributed by atoms with E-state index in [9.17, 15) is 79.5 Å². The minimum atomic E-state index is -1.88. The second-order valence-electron chi connectivity index (χ2n) is 32.2. The van der Waals surface area contributed by atoms with Gasteiger partial charge in [-0.15, -0.1) is 0 Å². The van der Waals surface area contributed by atoms with Crippen molar-refractivity contribution in [2.45, 2.75) is 323 Å². The quantitative estimate of drug-likeness (QED) is 0.0119. The van der Waals surface area contributed by atoms with Crippen LogP contribution in [0.4, 0.5) is 0 Å².